The van der Waals surface area contributed by atoms with E-state index in [9.17, 15) is 9.59 Å². The second-order valence-electron chi connectivity index (χ2n) is 7.53. The second-order valence-corrected chi connectivity index (χ2v) is 7.53. The monoisotopic (exact) mass is 407 g/mol. The molecule has 2 amide bonds. The minimum absolute atomic E-state index is 0.0324. The molecule has 1 aromatic carbocycles. The van der Waals surface area contributed by atoms with Crippen LogP contribution in [0.1, 0.15) is 32.1 Å². The number of amides is 2. The Kier molecular flexibility index (Phi) is 5.15. The van der Waals surface area contributed by atoms with Crippen molar-refractivity contribution in [2.24, 2.45) is 7.05 Å². The summed E-state index contributed by atoms with van der Waals surface area (Å²) in [6.07, 6.45) is 0. The van der Waals surface area contributed by atoms with Crippen LogP contribution in [-0.4, -0.2) is 69.7 Å². The van der Waals surface area contributed by atoms with E-state index in [0.29, 0.717) is 48.7 Å². The van der Waals surface area contributed by atoms with Crippen LogP contribution in [-0.2, 0) is 7.05 Å². The number of aromatic nitrogens is 3. The minimum Gasteiger partial charge on any atom is -0.497 e. The second kappa shape index (κ2) is 7.78. The largest absolute Gasteiger partial charge is 0.497 e. The molecule has 1 fully saturated rings. The Labute approximate surface area is 175 Å². The van der Waals surface area contributed by atoms with Gasteiger partial charge in [-0.1, -0.05) is 0 Å². The molecule has 0 bridgehead atoms. The summed E-state index contributed by atoms with van der Waals surface area (Å²) in [5.41, 5.74) is 3.52. The van der Waals surface area contributed by atoms with E-state index in [1.807, 2.05) is 27.0 Å². The number of carbonyl (C=O) groups excluding carboxylic acids is 2. The van der Waals surface area contributed by atoms with Crippen LogP contribution in [0, 0.1) is 13.8 Å². The summed E-state index contributed by atoms with van der Waals surface area (Å²) >= 11 is 0. The quantitative estimate of drug-likeness (QED) is 0.665. The number of methoxy groups -OCH3 is 1. The molecule has 0 saturated carbocycles. The molecule has 0 radical (unpaired) electrons. The van der Waals surface area contributed by atoms with Gasteiger partial charge in [0.05, 0.1) is 23.8 Å². The average Bonchev–Trinajstić information content (AvgIpc) is 3.05. The zero-order valence-corrected chi connectivity index (χ0v) is 17.7. The van der Waals surface area contributed by atoms with Crippen molar-refractivity contribution in [1.82, 2.24) is 24.6 Å². The van der Waals surface area contributed by atoms with E-state index in [0.717, 1.165) is 16.8 Å². The molecule has 156 valence electrons. The van der Waals surface area contributed by atoms with Crippen molar-refractivity contribution in [1.29, 1.82) is 0 Å². The van der Waals surface area contributed by atoms with Gasteiger partial charge >= 0.3 is 0 Å². The molecular weight excluding hydrogens is 382 g/mol. The summed E-state index contributed by atoms with van der Waals surface area (Å²) in [5.74, 6) is 0.639. The molecular formula is C22H25N5O3. The number of hydrogen-bond acceptors (Lipinski definition) is 5. The predicted molar refractivity (Wildman–Crippen MR) is 113 cm³/mol. The lowest BCUT2D eigenvalue weighted by molar-refractivity contribution is 0.0536. The standard InChI is InChI=1S/C22H25N5O3/c1-14-13-18(19-15(2)24-25(3)20(19)23-14)22(29)27-11-9-26(10-12-27)21(28)16-5-7-17(30-4)8-6-16/h5-8,13H,9-12H2,1-4H3. The van der Waals surface area contributed by atoms with Crippen molar-refractivity contribution >= 4 is 22.8 Å². The lowest BCUT2D eigenvalue weighted by Gasteiger charge is -2.35. The highest BCUT2D eigenvalue weighted by molar-refractivity contribution is 6.06. The number of hydrogen-bond donors (Lipinski definition) is 0. The molecule has 0 N–H and O–H groups in total. The van der Waals surface area contributed by atoms with Gasteiger partial charge in [-0.15, -0.1) is 0 Å². The Morgan fingerprint density at radius 2 is 1.57 bits per heavy atom. The molecule has 3 heterocycles. The number of fused-ring (bicyclic) bond motifs is 1. The summed E-state index contributed by atoms with van der Waals surface area (Å²) in [6, 6.07) is 8.91. The van der Waals surface area contributed by atoms with Crippen molar-refractivity contribution in [3.8, 4) is 5.75 Å². The maximum absolute atomic E-state index is 13.3. The first-order chi connectivity index (χ1) is 14.4. The van der Waals surface area contributed by atoms with Gasteiger partial charge in [0, 0.05) is 44.5 Å². The highest BCUT2D eigenvalue weighted by Crippen LogP contribution is 2.24. The van der Waals surface area contributed by atoms with Crippen molar-refractivity contribution < 1.29 is 14.3 Å². The first-order valence-corrected chi connectivity index (χ1v) is 9.92. The molecule has 1 saturated heterocycles. The molecule has 0 unspecified atom stereocenters. The van der Waals surface area contributed by atoms with Gasteiger partial charge in [-0.05, 0) is 44.2 Å². The third kappa shape index (κ3) is 3.49. The predicted octanol–water partition coefficient (Wildman–Crippen LogP) is 2.19. The van der Waals surface area contributed by atoms with Gasteiger partial charge in [0.1, 0.15) is 5.75 Å². The van der Waals surface area contributed by atoms with E-state index in [1.165, 1.54) is 0 Å². The molecule has 0 atom stereocenters. The summed E-state index contributed by atoms with van der Waals surface area (Å²) in [6.45, 7) is 5.74. The highest BCUT2D eigenvalue weighted by atomic mass is 16.5. The van der Waals surface area contributed by atoms with Crippen molar-refractivity contribution in [2.75, 3.05) is 33.3 Å². The van der Waals surface area contributed by atoms with Gasteiger partial charge in [-0.2, -0.15) is 5.10 Å². The lowest BCUT2D eigenvalue weighted by atomic mass is 10.1. The fourth-order valence-corrected chi connectivity index (χ4v) is 3.94. The van der Waals surface area contributed by atoms with E-state index in [4.69, 9.17) is 4.74 Å². The van der Waals surface area contributed by atoms with E-state index < -0.39 is 0 Å². The van der Waals surface area contributed by atoms with Gasteiger partial charge in [0.15, 0.2) is 5.65 Å². The van der Waals surface area contributed by atoms with Gasteiger partial charge in [0.25, 0.3) is 11.8 Å². The number of piperazine rings is 1. The maximum atomic E-state index is 13.3. The third-order valence-electron chi connectivity index (χ3n) is 5.52. The molecule has 8 heteroatoms. The van der Waals surface area contributed by atoms with Crippen LogP contribution in [0.4, 0.5) is 0 Å². The normalized spacial score (nSPS) is 14.3. The Morgan fingerprint density at radius 1 is 0.967 bits per heavy atom. The van der Waals surface area contributed by atoms with Crippen LogP contribution in [0.5, 0.6) is 5.75 Å². The third-order valence-corrected chi connectivity index (χ3v) is 5.52. The smallest absolute Gasteiger partial charge is 0.254 e. The molecule has 3 aromatic rings. The molecule has 4 rings (SSSR count). The van der Waals surface area contributed by atoms with Crippen LogP contribution in [0.2, 0.25) is 0 Å². The van der Waals surface area contributed by atoms with E-state index in [1.54, 1.807) is 45.9 Å². The molecule has 0 aliphatic carbocycles. The first kappa shape index (κ1) is 19.9. The first-order valence-electron chi connectivity index (χ1n) is 9.92. The van der Waals surface area contributed by atoms with E-state index >= 15 is 0 Å². The van der Waals surface area contributed by atoms with Crippen LogP contribution in [0.15, 0.2) is 30.3 Å². The fraction of sp³-hybridized carbons (Fsp3) is 0.364. The number of ether oxygens (including phenoxy) is 1. The van der Waals surface area contributed by atoms with Crippen LogP contribution in [0.3, 0.4) is 0 Å². The minimum atomic E-state index is -0.0434. The topological polar surface area (TPSA) is 80.6 Å². The van der Waals surface area contributed by atoms with Crippen LogP contribution < -0.4 is 4.74 Å². The van der Waals surface area contributed by atoms with Gasteiger partial charge in [0.2, 0.25) is 0 Å². The number of nitrogens with zero attached hydrogens (tertiary/aromatic N) is 5. The van der Waals surface area contributed by atoms with Crippen molar-refractivity contribution in [3.05, 3.63) is 52.8 Å². The SMILES string of the molecule is COc1ccc(C(=O)N2CCN(C(=O)c3cc(C)nc4c3c(C)nn4C)CC2)cc1. The van der Waals surface area contributed by atoms with Crippen LogP contribution >= 0.6 is 0 Å². The van der Waals surface area contributed by atoms with E-state index in [-0.39, 0.29) is 11.8 Å². The molecule has 2 aromatic heterocycles. The van der Waals surface area contributed by atoms with Crippen LogP contribution in [0.25, 0.3) is 11.0 Å². The lowest BCUT2D eigenvalue weighted by Crippen LogP contribution is -2.50. The Morgan fingerprint density at radius 3 is 2.17 bits per heavy atom. The van der Waals surface area contributed by atoms with Crippen molar-refractivity contribution in [3.63, 3.8) is 0 Å². The fourth-order valence-electron chi connectivity index (χ4n) is 3.94. The number of pyridine rings is 1. The van der Waals surface area contributed by atoms with Crippen molar-refractivity contribution in [2.45, 2.75) is 13.8 Å². The zero-order valence-electron chi connectivity index (χ0n) is 17.7. The summed E-state index contributed by atoms with van der Waals surface area (Å²) in [7, 11) is 3.43. The summed E-state index contributed by atoms with van der Waals surface area (Å²) in [5, 5.41) is 5.22. The number of aryl methyl sites for hydroxylation is 3. The molecule has 8 nitrogen and oxygen atoms in total. The highest BCUT2D eigenvalue weighted by Gasteiger charge is 2.27. The number of carbonyl (C=O) groups is 2. The van der Waals surface area contributed by atoms with Gasteiger partial charge in [-0.3, -0.25) is 14.3 Å². The molecule has 1 aliphatic heterocycles. The number of benzene rings is 1. The Hall–Kier alpha value is -3.42. The Bertz CT molecular complexity index is 1110. The molecule has 0 spiro atoms. The van der Waals surface area contributed by atoms with Gasteiger partial charge in [-0.25, -0.2) is 4.98 Å². The maximum Gasteiger partial charge on any atom is 0.254 e. The summed E-state index contributed by atoms with van der Waals surface area (Å²) in [4.78, 5) is 34.2. The van der Waals surface area contributed by atoms with Gasteiger partial charge < -0.3 is 14.5 Å². The summed E-state index contributed by atoms with van der Waals surface area (Å²) < 4.78 is 6.85. The zero-order chi connectivity index (χ0) is 21.4. The average molecular weight is 407 g/mol. The molecule has 1 aliphatic rings. The Balaban J connectivity index is 1.50. The number of rotatable bonds is 3. The molecule has 30 heavy (non-hydrogen) atoms. The van der Waals surface area contributed by atoms with E-state index in [2.05, 4.69) is 10.1 Å².